The molecule has 2 heterocycles. The van der Waals surface area contributed by atoms with Crippen molar-refractivity contribution in [2.75, 3.05) is 4.90 Å². The molecule has 1 N–H and O–H groups in total. The average Bonchev–Trinajstić information content (AvgIpc) is 3.20. The minimum atomic E-state index is -0.880. The summed E-state index contributed by atoms with van der Waals surface area (Å²) in [5.74, 6) is -1.16. The molecule has 1 fully saturated rings. The van der Waals surface area contributed by atoms with Crippen LogP contribution in [-0.4, -0.2) is 22.8 Å². The Labute approximate surface area is 193 Å². The lowest BCUT2D eigenvalue weighted by molar-refractivity contribution is -0.384. The van der Waals surface area contributed by atoms with E-state index in [1.54, 1.807) is 6.07 Å². The van der Waals surface area contributed by atoms with Gasteiger partial charge in [-0.05, 0) is 64.5 Å². The number of amides is 4. The fourth-order valence-electron chi connectivity index (χ4n) is 3.02. The molecule has 9 nitrogen and oxygen atoms in total. The SMILES string of the molecule is O=C1NC(=O)N(c2ccc(Cl)cc2)C(=O)/C1=C\c1ccc(-c2ccc([N+](=O)[O-])cc2Br)o1. The molecule has 3 aromatic rings. The van der Waals surface area contributed by atoms with Crippen LogP contribution in [-0.2, 0) is 9.59 Å². The number of imide groups is 2. The number of hydrogen-bond donors (Lipinski definition) is 1. The molecule has 0 saturated carbocycles. The molecule has 4 amide bonds. The number of nitrogens with one attached hydrogen (secondary N) is 1. The summed E-state index contributed by atoms with van der Waals surface area (Å²) in [7, 11) is 0. The molecule has 0 atom stereocenters. The summed E-state index contributed by atoms with van der Waals surface area (Å²) in [6.45, 7) is 0. The van der Waals surface area contributed by atoms with Crippen LogP contribution in [0.4, 0.5) is 16.2 Å². The third-order valence-corrected chi connectivity index (χ3v) is 5.44. The molecule has 0 spiro atoms. The monoisotopic (exact) mass is 515 g/mol. The molecule has 2 aromatic carbocycles. The molecule has 1 saturated heterocycles. The first-order valence-corrected chi connectivity index (χ1v) is 10.1. The van der Waals surface area contributed by atoms with Gasteiger partial charge in [0.2, 0.25) is 0 Å². The fraction of sp³-hybridized carbons (Fsp3) is 0. The number of nitro groups is 1. The Bertz CT molecular complexity index is 1320. The Morgan fingerprint density at radius 2 is 1.78 bits per heavy atom. The number of rotatable bonds is 4. The minimum Gasteiger partial charge on any atom is -0.457 e. The standard InChI is InChI=1S/C21H11BrClN3O6/c22-17-9-13(26(30)31)5-7-15(17)18-8-6-14(32-18)10-16-19(27)24-21(29)25(20(16)28)12-3-1-11(23)2-4-12/h1-10H,(H,24,27,29)/b16-10-. The summed E-state index contributed by atoms with van der Waals surface area (Å²) in [6.07, 6.45) is 1.22. The number of carbonyl (C=O) groups is 3. The summed E-state index contributed by atoms with van der Waals surface area (Å²) >= 11 is 9.12. The molecular weight excluding hydrogens is 506 g/mol. The van der Waals surface area contributed by atoms with Crippen molar-refractivity contribution in [2.45, 2.75) is 0 Å². The predicted molar refractivity (Wildman–Crippen MR) is 119 cm³/mol. The number of anilines is 1. The van der Waals surface area contributed by atoms with Crippen molar-refractivity contribution in [3.8, 4) is 11.3 Å². The Morgan fingerprint density at radius 3 is 2.44 bits per heavy atom. The second-order valence-corrected chi connectivity index (χ2v) is 7.85. The van der Waals surface area contributed by atoms with Gasteiger partial charge in [0.05, 0.1) is 10.6 Å². The molecule has 160 valence electrons. The Balaban J connectivity index is 1.66. The van der Waals surface area contributed by atoms with Gasteiger partial charge in [-0.25, -0.2) is 9.69 Å². The minimum absolute atomic E-state index is 0.0917. The lowest BCUT2D eigenvalue weighted by Gasteiger charge is -2.26. The number of halogens is 2. The van der Waals surface area contributed by atoms with Crippen LogP contribution >= 0.6 is 27.5 Å². The molecule has 1 aliphatic rings. The maximum Gasteiger partial charge on any atom is 0.335 e. The van der Waals surface area contributed by atoms with E-state index >= 15 is 0 Å². The van der Waals surface area contributed by atoms with Gasteiger partial charge in [0, 0.05) is 27.2 Å². The maximum atomic E-state index is 12.9. The molecule has 32 heavy (non-hydrogen) atoms. The van der Waals surface area contributed by atoms with E-state index in [9.17, 15) is 24.5 Å². The highest BCUT2D eigenvalue weighted by Gasteiger charge is 2.37. The molecule has 1 aliphatic heterocycles. The number of barbiturate groups is 1. The Kier molecular flexibility index (Phi) is 5.64. The molecule has 11 heteroatoms. The maximum absolute atomic E-state index is 12.9. The highest BCUT2D eigenvalue weighted by Crippen LogP contribution is 2.33. The van der Waals surface area contributed by atoms with Crippen LogP contribution in [0.15, 0.2) is 69.1 Å². The number of furan rings is 1. The number of urea groups is 1. The van der Waals surface area contributed by atoms with Gasteiger partial charge >= 0.3 is 6.03 Å². The largest absolute Gasteiger partial charge is 0.457 e. The van der Waals surface area contributed by atoms with Gasteiger partial charge in [-0.15, -0.1) is 0 Å². The van der Waals surface area contributed by atoms with Crippen LogP contribution in [0.25, 0.3) is 17.4 Å². The van der Waals surface area contributed by atoms with Crippen molar-refractivity contribution in [1.82, 2.24) is 5.32 Å². The lowest BCUT2D eigenvalue weighted by Crippen LogP contribution is -2.54. The normalized spacial score (nSPS) is 15.2. The number of benzene rings is 2. The van der Waals surface area contributed by atoms with Crippen LogP contribution < -0.4 is 10.2 Å². The quantitative estimate of drug-likeness (QED) is 0.227. The molecule has 0 unspecified atom stereocenters. The highest BCUT2D eigenvalue weighted by atomic mass is 79.9. The van der Waals surface area contributed by atoms with Gasteiger partial charge in [-0.1, -0.05) is 11.6 Å². The number of nitrogens with zero attached hydrogens (tertiary/aromatic N) is 2. The zero-order valence-electron chi connectivity index (χ0n) is 15.9. The smallest absolute Gasteiger partial charge is 0.335 e. The number of nitro benzene ring substituents is 1. The van der Waals surface area contributed by atoms with Crippen LogP contribution in [0.3, 0.4) is 0 Å². The first-order chi connectivity index (χ1) is 15.2. The number of carbonyl (C=O) groups excluding carboxylic acids is 3. The summed E-state index contributed by atoms with van der Waals surface area (Å²) in [5, 5.41) is 13.4. The average molecular weight is 517 g/mol. The van der Waals surface area contributed by atoms with E-state index in [4.69, 9.17) is 16.0 Å². The van der Waals surface area contributed by atoms with Crippen LogP contribution in [0.1, 0.15) is 5.76 Å². The van der Waals surface area contributed by atoms with E-state index in [2.05, 4.69) is 21.2 Å². The van der Waals surface area contributed by atoms with Crippen molar-refractivity contribution in [2.24, 2.45) is 0 Å². The van der Waals surface area contributed by atoms with E-state index in [0.717, 1.165) is 4.90 Å². The van der Waals surface area contributed by atoms with E-state index in [1.165, 1.54) is 54.6 Å². The topological polar surface area (TPSA) is 123 Å². The van der Waals surface area contributed by atoms with E-state index in [0.29, 0.717) is 20.8 Å². The van der Waals surface area contributed by atoms with Crippen LogP contribution in [0.5, 0.6) is 0 Å². The van der Waals surface area contributed by atoms with Gasteiger partial charge in [0.1, 0.15) is 17.1 Å². The van der Waals surface area contributed by atoms with E-state index < -0.39 is 22.8 Å². The van der Waals surface area contributed by atoms with Crippen molar-refractivity contribution in [3.05, 3.63) is 85.5 Å². The highest BCUT2D eigenvalue weighted by molar-refractivity contribution is 9.10. The van der Waals surface area contributed by atoms with Gasteiger partial charge in [-0.2, -0.15) is 0 Å². The molecule has 0 bridgehead atoms. The van der Waals surface area contributed by atoms with Gasteiger partial charge < -0.3 is 4.42 Å². The first-order valence-electron chi connectivity index (χ1n) is 8.96. The van der Waals surface area contributed by atoms with Gasteiger partial charge in [0.25, 0.3) is 17.5 Å². The zero-order valence-corrected chi connectivity index (χ0v) is 18.2. The third-order valence-electron chi connectivity index (χ3n) is 4.53. The Morgan fingerprint density at radius 1 is 1.06 bits per heavy atom. The second-order valence-electron chi connectivity index (χ2n) is 6.56. The van der Waals surface area contributed by atoms with E-state index in [1.807, 2.05) is 0 Å². The molecule has 0 radical (unpaired) electrons. The first kappa shape index (κ1) is 21.5. The molecule has 1 aromatic heterocycles. The third kappa shape index (κ3) is 4.05. The summed E-state index contributed by atoms with van der Waals surface area (Å²) in [5.41, 5.74) is 0.386. The van der Waals surface area contributed by atoms with Crippen LogP contribution in [0.2, 0.25) is 5.02 Å². The summed E-state index contributed by atoms with van der Waals surface area (Å²) in [6, 6.07) is 12.4. The molecular formula is C21H11BrClN3O6. The lowest BCUT2D eigenvalue weighted by atomic mass is 10.1. The number of non-ortho nitro benzene ring substituents is 1. The molecule has 0 aliphatic carbocycles. The van der Waals surface area contributed by atoms with Crippen molar-refractivity contribution < 1.29 is 23.7 Å². The van der Waals surface area contributed by atoms with E-state index in [-0.39, 0.29) is 22.7 Å². The van der Waals surface area contributed by atoms with Gasteiger partial charge in [-0.3, -0.25) is 25.0 Å². The fourth-order valence-corrected chi connectivity index (χ4v) is 3.71. The van der Waals surface area contributed by atoms with Crippen molar-refractivity contribution in [3.63, 3.8) is 0 Å². The summed E-state index contributed by atoms with van der Waals surface area (Å²) in [4.78, 5) is 48.6. The summed E-state index contributed by atoms with van der Waals surface area (Å²) < 4.78 is 6.14. The molecule has 4 rings (SSSR count). The van der Waals surface area contributed by atoms with Crippen molar-refractivity contribution in [1.29, 1.82) is 0 Å². The number of hydrogen-bond acceptors (Lipinski definition) is 6. The Hall–Kier alpha value is -3.76. The van der Waals surface area contributed by atoms with Gasteiger partial charge in [0.15, 0.2) is 0 Å². The predicted octanol–water partition coefficient (Wildman–Crippen LogP) is 4.94. The van der Waals surface area contributed by atoms with Crippen LogP contribution in [0, 0.1) is 10.1 Å². The van der Waals surface area contributed by atoms with Crippen molar-refractivity contribution >= 4 is 62.8 Å². The second kappa shape index (κ2) is 8.40. The zero-order chi connectivity index (χ0) is 23.0.